The van der Waals surface area contributed by atoms with Gasteiger partial charge < -0.3 is 0 Å². The summed E-state index contributed by atoms with van der Waals surface area (Å²) in [7, 11) is 0. The number of hydrogen-bond acceptors (Lipinski definition) is 1. The second-order valence-corrected chi connectivity index (χ2v) is 6.82. The Morgan fingerprint density at radius 2 is 1.56 bits per heavy atom. The van der Waals surface area contributed by atoms with Crippen LogP contribution in [0.3, 0.4) is 0 Å². The molecule has 4 rings (SSSR count). The normalized spacial score (nSPS) is 11.5. The average Bonchev–Trinajstić information content (AvgIpc) is 2.66. The van der Waals surface area contributed by atoms with E-state index in [1.54, 1.807) is 0 Å². The molecule has 0 aliphatic carbocycles. The van der Waals surface area contributed by atoms with E-state index in [0.717, 1.165) is 25.7 Å². The summed E-state index contributed by atoms with van der Waals surface area (Å²) in [5, 5.41) is 8.13. The maximum atomic E-state index is 11.3. The van der Waals surface area contributed by atoms with E-state index in [-0.39, 0.29) is 5.78 Å². The molecule has 0 aliphatic rings. The van der Waals surface area contributed by atoms with Gasteiger partial charge in [-0.25, -0.2) is 0 Å². The van der Waals surface area contributed by atoms with E-state index in [9.17, 15) is 4.79 Å². The fourth-order valence-electron chi connectivity index (χ4n) is 3.94. The van der Waals surface area contributed by atoms with Gasteiger partial charge in [0.2, 0.25) is 0 Å². The molecule has 1 heteroatoms. The van der Waals surface area contributed by atoms with E-state index in [1.807, 2.05) is 0 Å². The van der Waals surface area contributed by atoms with Crippen molar-refractivity contribution in [3.63, 3.8) is 0 Å². The van der Waals surface area contributed by atoms with Crippen molar-refractivity contribution >= 4 is 38.1 Å². The lowest BCUT2D eigenvalue weighted by Crippen LogP contribution is -1.94. The van der Waals surface area contributed by atoms with Crippen LogP contribution in [-0.2, 0) is 11.2 Å². The number of carbonyl (C=O) groups excluding carboxylic acids is 1. The van der Waals surface area contributed by atoms with Crippen molar-refractivity contribution < 1.29 is 4.79 Å². The second-order valence-electron chi connectivity index (χ2n) is 6.82. The van der Waals surface area contributed by atoms with Gasteiger partial charge in [0.15, 0.2) is 5.78 Å². The zero-order valence-electron chi connectivity index (χ0n) is 14.4. The smallest absolute Gasteiger partial charge is 0.155 e. The van der Waals surface area contributed by atoms with Crippen LogP contribution < -0.4 is 0 Å². The third-order valence-corrected chi connectivity index (χ3v) is 5.19. The molecule has 0 fully saturated rings. The Bertz CT molecular complexity index is 1060. The number of unbranched alkanes of at least 4 members (excludes halogenated alkanes) is 2. The molecule has 0 aromatic heterocycles. The number of allylic oxidation sites excluding steroid dienone is 1. The van der Waals surface area contributed by atoms with Gasteiger partial charge in [-0.2, -0.15) is 0 Å². The molecule has 124 valence electrons. The van der Waals surface area contributed by atoms with Gasteiger partial charge >= 0.3 is 0 Å². The predicted molar refractivity (Wildman–Crippen MR) is 108 cm³/mol. The minimum Gasteiger partial charge on any atom is -0.295 e. The fourth-order valence-corrected chi connectivity index (χ4v) is 3.94. The Labute approximate surface area is 148 Å². The first-order valence-corrected chi connectivity index (χ1v) is 9.08. The quantitative estimate of drug-likeness (QED) is 0.217. The molecule has 4 aromatic carbocycles. The van der Waals surface area contributed by atoms with E-state index in [1.165, 1.54) is 44.0 Å². The lowest BCUT2D eigenvalue weighted by molar-refractivity contribution is -0.114. The number of benzene rings is 4. The van der Waals surface area contributed by atoms with Crippen molar-refractivity contribution in [2.45, 2.75) is 32.1 Å². The molecule has 1 nitrogen and oxygen atoms in total. The van der Waals surface area contributed by atoms with Crippen LogP contribution in [0.4, 0.5) is 0 Å². The van der Waals surface area contributed by atoms with Crippen LogP contribution >= 0.6 is 0 Å². The molecule has 0 aliphatic heterocycles. The summed E-state index contributed by atoms with van der Waals surface area (Å²) >= 11 is 0. The van der Waals surface area contributed by atoms with Gasteiger partial charge in [-0.05, 0) is 63.2 Å². The van der Waals surface area contributed by atoms with Gasteiger partial charge in [0, 0.05) is 6.42 Å². The van der Waals surface area contributed by atoms with Crippen LogP contribution in [0.15, 0.2) is 67.3 Å². The summed E-state index contributed by atoms with van der Waals surface area (Å²) in [5.74, 6) is 0.155. The van der Waals surface area contributed by atoms with Gasteiger partial charge in [-0.15, -0.1) is 0 Å². The molecule has 0 bridgehead atoms. The van der Waals surface area contributed by atoms with Gasteiger partial charge in [-0.1, -0.05) is 67.6 Å². The molecular weight excluding hydrogens is 304 g/mol. The third-order valence-electron chi connectivity index (χ3n) is 5.19. The van der Waals surface area contributed by atoms with Gasteiger partial charge in [-0.3, -0.25) is 4.79 Å². The van der Waals surface area contributed by atoms with Gasteiger partial charge in [0.25, 0.3) is 0 Å². The van der Waals surface area contributed by atoms with Crippen molar-refractivity contribution in [3.05, 3.63) is 72.8 Å². The largest absolute Gasteiger partial charge is 0.295 e. The van der Waals surface area contributed by atoms with Crippen molar-refractivity contribution in [1.29, 1.82) is 0 Å². The van der Waals surface area contributed by atoms with Crippen LogP contribution in [-0.4, -0.2) is 5.78 Å². The first-order valence-electron chi connectivity index (χ1n) is 9.08. The zero-order chi connectivity index (χ0) is 17.2. The van der Waals surface area contributed by atoms with Crippen molar-refractivity contribution in [2.24, 2.45) is 0 Å². The van der Waals surface area contributed by atoms with Crippen LogP contribution in [0, 0.1) is 0 Å². The second kappa shape index (κ2) is 6.68. The lowest BCUT2D eigenvalue weighted by Gasteiger charge is -2.14. The molecular formula is C24H22O. The fraction of sp³-hybridized carbons (Fsp3) is 0.208. The van der Waals surface area contributed by atoms with E-state index in [2.05, 4.69) is 61.2 Å². The summed E-state index contributed by atoms with van der Waals surface area (Å²) in [6.07, 6.45) is 6.27. The standard InChI is InChI=1S/C24H22O/c1-2-21(25)12-5-3-4-8-19-16-20-11-6-9-17-14-15-18-10-7-13-22(19)24(18)23(17)20/h2,6-7,9-11,13-16H,1,3-5,8,12H2. The molecule has 0 amide bonds. The Hall–Kier alpha value is -2.67. The van der Waals surface area contributed by atoms with E-state index in [0.29, 0.717) is 6.42 Å². The number of rotatable bonds is 7. The van der Waals surface area contributed by atoms with Crippen LogP contribution in [0.25, 0.3) is 32.3 Å². The van der Waals surface area contributed by atoms with Crippen molar-refractivity contribution in [3.8, 4) is 0 Å². The lowest BCUT2D eigenvalue weighted by atomic mass is 9.90. The third kappa shape index (κ3) is 2.91. The summed E-state index contributed by atoms with van der Waals surface area (Å²) in [4.78, 5) is 11.3. The highest BCUT2D eigenvalue weighted by Gasteiger charge is 2.11. The summed E-state index contributed by atoms with van der Waals surface area (Å²) < 4.78 is 0. The Balaban J connectivity index is 1.67. The van der Waals surface area contributed by atoms with E-state index in [4.69, 9.17) is 0 Å². The van der Waals surface area contributed by atoms with Crippen molar-refractivity contribution in [1.82, 2.24) is 0 Å². The molecule has 25 heavy (non-hydrogen) atoms. The minimum atomic E-state index is 0.155. The van der Waals surface area contributed by atoms with Crippen LogP contribution in [0.5, 0.6) is 0 Å². The SMILES string of the molecule is C=CC(=O)CCCCCc1cc2cccc3ccc4cccc1c4c32. The summed E-state index contributed by atoms with van der Waals surface area (Å²) in [6.45, 7) is 3.54. The maximum Gasteiger partial charge on any atom is 0.155 e. The zero-order valence-corrected chi connectivity index (χ0v) is 14.4. The minimum absolute atomic E-state index is 0.155. The monoisotopic (exact) mass is 326 g/mol. The Morgan fingerprint density at radius 1 is 0.840 bits per heavy atom. The van der Waals surface area contributed by atoms with Gasteiger partial charge in [0.05, 0.1) is 0 Å². The summed E-state index contributed by atoms with van der Waals surface area (Å²) in [5.41, 5.74) is 1.42. The highest BCUT2D eigenvalue weighted by Crippen LogP contribution is 2.36. The molecule has 0 heterocycles. The highest BCUT2D eigenvalue weighted by atomic mass is 16.1. The molecule has 0 unspecified atom stereocenters. The number of ketones is 1. The first-order chi connectivity index (χ1) is 12.3. The first kappa shape index (κ1) is 15.8. The average molecular weight is 326 g/mol. The topological polar surface area (TPSA) is 17.1 Å². The van der Waals surface area contributed by atoms with Gasteiger partial charge in [0.1, 0.15) is 0 Å². The molecule has 0 atom stereocenters. The molecule has 4 aromatic rings. The summed E-state index contributed by atoms with van der Waals surface area (Å²) in [6, 6.07) is 20.0. The maximum absolute atomic E-state index is 11.3. The number of carbonyl (C=O) groups is 1. The molecule has 0 saturated heterocycles. The van der Waals surface area contributed by atoms with E-state index < -0.39 is 0 Å². The predicted octanol–water partition coefficient (Wildman–Crippen LogP) is 6.44. The van der Waals surface area contributed by atoms with Crippen LogP contribution in [0.2, 0.25) is 0 Å². The Morgan fingerprint density at radius 3 is 2.36 bits per heavy atom. The molecule has 0 N–H and O–H groups in total. The Kier molecular flexibility index (Phi) is 4.23. The van der Waals surface area contributed by atoms with Crippen LogP contribution in [0.1, 0.15) is 31.2 Å². The molecule has 0 spiro atoms. The van der Waals surface area contributed by atoms with Crippen molar-refractivity contribution in [2.75, 3.05) is 0 Å². The number of hydrogen-bond donors (Lipinski definition) is 0. The van der Waals surface area contributed by atoms with E-state index >= 15 is 0 Å². The molecule has 0 radical (unpaired) electrons. The molecule has 0 saturated carbocycles. The highest BCUT2D eigenvalue weighted by molar-refractivity contribution is 6.23. The number of aryl methyl sites for hydroxylation is 1.